The number of imidazole rings is 1. The van der Waals surface area contributed by atoms with Crippen molar-refractivity contribution in [3.05, 3.63) is 90.0 Å². The standard InChI is InChI=1S/C19H16F2N2O/c1-13(14-2-6-16(20)7-3-14)18(23-11-10-22-12-23)19(24)15-4-8-17(21)9-5-15/h2-13,18H,1H3. The zero-order valence-electron chi connectivity index (χ0n) is 13.1. The number of halogens is 2. The average Bonchev–Trinajstić information content (AvgIpc) is 3.10. The van der Waals surface area contributed by atoms with E-state index in [1.165, 1.54) is 36.4 Å². The van der Waals surface area contributed by atoms with E-state index >= 15 is 0 Å². The van der Waals surface area contributed by atoms with Crippen LogP contribution in [0.5, 0.6) is 0 Å². The zero-order valence-corrected chi connectivity index (χ0v) is 13.1. The molecule has 0 saturated carbocycles. The maximum Gasteiger partial charge on any atom is 0.186 e. The van der Waals surface area contributed by atoms with Gasteiger partial charge in [-0.25, -0.2) is 13.8 Å². The van der Waals surface area contributed by atoms with E-state index in [-0.39, 0.29) is 17.5 Å². The molecule has 3 rings (SSSR count). The van der Waals surface area contributed by atoms with Gasteiger partial charge in [-0.2, -0.15) is 0 Å². The highest BCUT2D eigenvalue weighted by molar-refractivity contribution is 5.99. The first-order valence-corrected chi connectivity index (χ1v) is 7.59. The maximum atomic E-state index is 13.2. The monoisotopic (exact) mass is 326 g/mol. The van der Waals surface area contributed by atoms with Crippen LogP contribution in [-0.2, 0) is 0 Å². The molecule has 0 saturated heterocycles. The Morgan fingerprint density at radius 3 is 2.12 bits per heavy atom. The third-order valence-electron chi connectivity index (χ3n) is 4.11. The highest BCUT2D eigenvalue weighted by Crippen LogP contribution is 2.31. The topological polar surface area (TPSA) is 34.9 Å². The minimum Gasteiger partial charge on any atom is -0.326 e. The van der Waals surface area contributed by atoms with E-state index in [0.29, 0.717) is 5.56 Å². The minimum absolute atomic E-state index is 0.148. The van der Waals surface area contributed by atoms with Crippen LogP contribution in [0.25, 0.3) is 0 Å². The van der Waals surface area contributed by atoms with Gasteiger partial charge in [-0.05, 0) is 42.0 Å². The van der Waals surface area contributed by atoms with E-state index in [1.807, 2.05) is 6.92 Å². The maximum absolute atomic E-state index is 13.2. The van der Waals surface area contributed by atoms with Crippen LogP contribution >= 0.6 is 0 Å². The molecule has 3 aromatic rings. The number of carbonyl (C=O) groups is 1. The van der Waals surface area contributed by atoms with E-state index in [0.717, 1.165) is 5.56 Å². The lowest BCUT2D eigenvalue weighted by Crippen LogP contribution is -2.24. The summed E-state index contributed by atoms with van der Waals surface area (Å²) in [5.74, 6) is -1.07. The number of nitrogens with zero attached hydrogens (tertiary/aromatic N) is 2. The van der Waals surface area contributed by atoms with Crippen molar-refractivity contribution in [3.63, 3.8) is 0 Å². The van der Waals surface area contributed by atoms with Gasteiger partial charge >= 0.3 is 0 Å². The summed E-state index contributed by atoms with van der Waals surface area (Å²) in [5, 5.41) is 0. The summed E-state index contributed by atoms with van der Waals surface area (Å²) >= 11 is 0. The number of carbonyl (C=O) groups excluding carboxylic acids is 1. The largest absolute Gasteiger partial charge is 0.326 e. The smallest absolute Gasteiger partial charge is 0.186 e. The molecule has 0 bridgehead atoms. The Bertz CT molecular complexity index is 812. The normalized spacial score (nSPS) is 13.5. The average molecular weight is 326 g/mol. The van der Waals surface area contributed by atoms with E-state index in [4.69, 9.17) is 0 Å². The minimum atomic E-state index is -0.552. The van der Waals surface area contributed by atoms with Gasteiger partial charge < -0.3 is 4.57 Å². The molecule has 122 valence electrons. The highest BCUT2D eigenvalue weighted by Gasteiger charge is 2.28. The van der Waals surface area contributed by atoms with Crippen molar-refractivity contribution in [1.29, 1.82) is 0 Å². The summed E-state index contributed by atoms with van der Waals surface area (Å²) in [5.41, 5.74) is 1.26. The highest BCUT2D eigenvalue weighted by atomic mass is 19.1. The summed E-state index contributed by atoms with van der Waals surface area (Å²) in [6, 6.07) is 11.0. The zero-order chi connectivity index (χ0) is 17.1. The van der Waals surface area contributed by atoms with Crippen molar-refractivity contribution in [3.8, 4) is 0 Å². The van der Waals surface area contributed by atoms with E-state index in [2.05, 4.69) is 4.98 Å². The predicted molar refractivity (Wildman–Crippen MR) is 86.8 cm³/mol. The van der Waals surface area contributed by atoms with Crippen molar-refractivity contribution in [2.45, 2.75) is 18.9 Å². The molecular formula is C19H16F2N2O. The molecule has 1 heterocycles. The summed E-state index contributed by atoms with van der Waals surface area (Å²) in [7, 11) is 0. The van der Waals surface area contributed by atoms with Crippen LogP contribution in [0.3, 0.4) is 0 Å². The molecule has 0 amide bonds. The van der Waals surface area contributed by atoms with Gasteiger partial charge in [0, 0.05) is 23.9 Å². The Morgan fingerprint density at radius 2 is 1.58 bits per heavy atom. The number of ketones is 1. The number of aromatic nitrogens is 2. The molecule has 0 fully saturated rings. The van der Waals surface area contributed by atoms with Crippen LogP contribution in [0, 0.1) is 11.6 Å². The fourth-order valence-electron chi connectivity index (χ4n) is 2.79. The van der Waals surface area contributed by atoms with Crippen molar-refractivity contribution >= 4 is 5.78 Å². The molecule has 2 atom stereocenters. The second kappa shape index (κ2) is 6.74. The SMILES string of the molecule is CC(c1ccc(F)cc1)C(C(=O)c1ccc(F)cc1)n1ccnc1. The molecule has 2 unspecified atom stereocenters. The lowest BCUT2D eigenvalue weighted by molar-refractivity contribution is 0.0909. The summed E-state index contributed by atoms with van der Waals surface area (Å²) < 4.78 is 28.0. The van der Waals surface area contributed by atoms with Gasteiger partial charge in [0.05, 0.1) is 6.33 Å². The molecule has 2 aromatic carbocycles. The van der Waals surface area contributed by atoms with Crippen LogP contribution in [-0.4, -0.2) is 15.3 Å². The second-order valence-corrected chi connectivity index (χ2v) is 5.67. The first-order chi connectivity index (χ1) is 11.6. The molecule has 3 nitrogen and oxygen atoms in total. The molecule has 1 aromatic heterocycles. The predicted octanol–water partition coefficient (Wildman–Crippen LogP) is 4.39. The van der Waals surface area contributed by atoms with E-state index in [9.17, 15) is 13.6 Å². The van der Waals surface area contributed by atoms with Gasteiger partial charge in [-0.15, -0.1) is 0 Å². The molecule has 5 heteroatoms. The van der Waals surface area contributed by atoms with Gasteiger partial charge in [0.2, 0.25) is 0 Å². The van der Waals surface area contributed by atoms with Crippen LogP contribution in [0.2, 0.25) is 0 Å². The quantitative estimate of drug-likeness (QED) is 0.652. The van der Waals surface area contributed by atoms with Crippen molar-refractivity contribution in [2.75, 3.05) is 0 Å². The van der Waals surface area contributed by atoms with E-state index < -0.39 is 11.9 Å². The molecule has 0 aliphatic carbocycles. The van der Waals surface area contributed by atoms with Gasteiger partial charge in [0.25, 0.3) is 0 Å². The lowest BCUT2D eigenvalue weighted by Gasteiger charge is -2.24. The van der Waals surface area contributed by atoms with Gasteiger partial charge in [-0.1, -0.05) is 19.1 Å². The van der Waals surface area contributed by atoms with Gasteiger partial charge in [-0.3, -0.25) is 4.79 Å². The molecule has 0 radical (unpaired) electrons. The molecule has 0 spiro atoms. The molecule has 0 aliphatic rings. The number of hydrogen-bond acceptors (Lipinski definition) is 2. The lowest BCUT2D eigenvalue weighted by atomic mass is 9.88. The fraction of sp³-hybridized carbons (Fsp3) is 0.158. The first-order valence-electron chi connectivity index (χ1n) is 7.59. The Balaban J connectivity index is 1.99. The second-order valence-electron chi connectivity index (χ2n) is 5.67. The third-order valence-corrected chi connectivity index (χ3v) is 4.11. The van der Waals surface area contributed by atoms with Crippen molar-refractivity contribution < 1.29 is 13.6 Å². The molecule has 0 aliphatic heterocycles. The van der Waals surface area contributed by atoms with Crippen molar-refractivity contribution in [1.82, 2.24) is 9.55 Å². The van der Waals surface area contributed by atoms with Crippen LogP contribution < -0.4 is 0 Å². The van der Waals surface area contributed by atoms with Crippen LogP contribution in [0.1, 0.15) is 34.8 Å². The van der Waals surface area contributed by atoms with Crippen LogP contribution in [0.15, 0.2) is 67.3 Å². The number of Topliss-reactive ketones (excluding diaryl/α,β-unsaturated/α-hetero) is 1. The molecule has 0 N–H and O–H groups in total. The Kier molecular flexibility index (Phi) is 4.51. The summed E-state index contributed by atoms with van der Waals surface area (Å²) in [4.78, 5) is 17.0. The fourth-order valence-corrected chi connectivity index (χ4v) is 2.79. The third kappa shape index (κ3) is 3.25. The van der Waals surface area contributed by atoms with E-state index in [1.54, 1.807) is 35.4 Å². The van der Waals surface area contributed by atoms with Crippen molar-refractivity contribution in [2.24, 2.45) is 0 Å². The molecule has 24 heavy (non-hydrogen) atoms. The Labute approximate surface area is 138 Å². The first kappa shape index (κ1) is 16.1. The number of rotatable bonds is 5. The van der Waals surface area contributed by atoms with Crippen LogP contribution in [0.4, 0.5) is 8.78 Å². The Morgan fingerprint density at radius 1 is 1.00 bits per heavy atom. The summed E-state index contributed by atoms with van der Waals surface area (Å²) in [6.07, 6.45) is 4.89. The van der Waals surface area contributed by atoms with Gasteiger partial charge in [0.1, 0.15) is 17.7 Å². The number of hydrogen-bond donors (Lipinski definition) is 0. The number of benzene rings is 2. The molecular weight excluding hydrogens is 310 g/mol. The van der Waals surface area contributed by atoms with Gasteiger partial charge in [0.15, 0.2) is 5.78 Å². The summed E-state index contributed by atoms with van der Waals surface area (Å²) in [6.45, 7) is 1.90. The Hall–Kier alpha value is -2.82.